The maximum absolute atomic E-state index is 7.29. The average Bonchev–Trinajstić information content (AvgIpc) is 3.26. The lowest BCUT2D eigenvalue weighted by Gasteiger charge is -2.10. The van der Waals surface area contributed by atoms with E-state index >= 15 is 0 Å². The van der Waals surface area contributed by atoms with Gasteiger partial charge in [-0.1, -0.05) is 18.2 Å². The van der Waals surface area contributed by atoms with Gasteiger partial charge >= 0.3 is 0 Å². The van der Waals surface area contributed by atoms with E-state index in [1.54, 1.807) is 0 Å². The summed E-state index contributed by atoms with van der Waals surface area (Å²) < 4.78 is 0. The molecule has 1 aliphatic rings. The number of pyridine rings is 1. The topological polar surface area (TPSA) is 74.8 Å². The maximum Gasteiger partial charge on any atom is 0.130 e. The van der Waals surface area contributed by atoms with Gasteiger partial charge in [-0.05, 0) is 36.5 Å². The standard InChI is InChI=1S/C15H16N4/c16-8-11-2-1-3-13(15(11)17)19-14-7-6-12(9-18-14)10-4-5-10/h1-3,6-10,16H,4-5,17H2,(H,18,19). The predicted molar refractivity (Wildman–Crippen MR) is 78.2 cm³/mol. The van der Waals surface area contributed by atoms with Gasteiger partial charge in [-0.25, -0.2) is 4.98 Å². The molecule has 0 bridgehead atoms. The number of nitrogens with two attached hydrogens (primary N) is 1. The lowest BCUT2D eigenvalue weighted by molar-refractivity contribution is 1.09. The molecule has 1 aromatic carbocycles. The highest BCUT2D eigenvalue weighted by Crippen LogP contribution is 2.39. The van der Waals surface area contributed by atoms with Gasteiger partial charge in [-0.3, -0.25) is 0 Å². The third-order valence-electron chi connectivity index (χ3n) is 3.39. The fraction of sp³-hybridized carbons (Fsp3) is 0.200. The van der Waals surface area contributed by atoms with Crippen molar-refractivity contribution in [2.75, 3.05) is 11.1 Å². The zero-order valence-electron chi connectivity index (χ0n) is 10.6. The van der Waals surface area contributed by atoms with Crippen LogP contribution in [0, 0.1) is 5.41 Å². The molecule has 19 heavy (non-hydrogen) atoms. The molecule has 0 aliphatic heterocycles. The molecule has 1 saturated carbocycles. The highest BCUT2D eigenvalue weighted by molar-refractivity contribution is 5.91. The molecule has 1 aromatic heterocycles. The maximum atomic E-state index is 7.29. The number of rotatable bonds is 4. The molecule has 4 heteroatoms. The van der Waals surface area contributed by atoms with Crippen LogP contribution in [0.1, 0.15) is 29.9 Å². The van der Waals surface area contributed by atoms with Crippen molar-refractivity contribution in [3.05, 3.63) is 47.7 Å². The molecule has 0 spiro atoms. The zero-order chi connectivity index (χ0) is 13.2. The fourth-order valence-electron chi connectivity index (χ4n) is 2.09. The number of para-hydroxylation sites is 1. The van der Waals surface area contributed by atoms with E-state index < -0.39 is 0 Å². The van der Waals surface area contributed by atoms with Crippen LogP contribution in [0.5, 0.6) is 0 Å². The van der Waals surface area contributed by atoms with Gasteiger partial charge in [0.1, 0.15) is 5.82 Å². The molecule has 1 aliphatic carbocycles. The van der Waals surface area contributed by atoms with Crippen molar-refractivity contribution < 1.29 is 0 Å². The summed E-state index contributed by atoms with van der Waals surface area (Å²) in [5.74, 6) is 1.49. The van der Waals surface area contributed by atoms with E-state index in [2.05, 4.69) is 16.4 Å². The van der Waals surface area contributed by atoms with Crippen molar-refractivity contribution in [1.82, 2.24) is 4.98 Å². The molecule has 1 fully saturated rings. The molecule has 4 N–H and O–H groups in total. The summed E-state index contributed by atoms with van der Waals surface area (Å²) in [5.41, 5.74) is 9.37. The summed E-state index contributed by atoms with van der Waals surface area (Å²) in [6, 6.07) is 9.67. The van der Waals surface area contributed by atoms with Crippen molar-refractivity contribution in [1.29, 1.82) is 5.41 Å². The van der Waals surface area contributed by atoms with E-state index in [0.29, 0.717) is 17.2 Å². The van der Waals surface area contributed by atoms with Crippen LogP contribution in [0.15, 0.2) is 36.5 Å². The van der Waals surface area contributed by atoms with Crippen molar-refractivity contribution >= 4 is 23.4 Å². The Morgan fingerprint density at radius 1 is 1.26 bits per heavy atom. The molecule has 96 valence electrons. The van der Waals surface area contributed by atoms with Crippen LogP contribution in [0.4, 0.5) is 17.2 Å². The summed E-state index contributed by atoms with van der Waals surface area (Å²) in [7, 11) is 0. The Kier molecular flexibility index (Phi) is 2.91. The molecular formula is C15H16N4. The van der Waals surface area contributed by atoms with Crippen molar-refractivity contribution in [3.8, 4) is 0 Å². The van der Waals surface area contributed by atoms with Crippen LogP contribution in [0.25, 0.3) is 0 Å². The van der Waals surface area contributed by atoms with Gasteiger partial charge in [0, 0.05) is 18.0 Å². The SMILES string of the molecule is N=Cc1cccc(Nc2ccc(C3CC3)cn2)c1N. The number of aromatic nitrogens is 1. The molecule has 2 aromatic rings. The van der Waals surface area contributed by atoms with Crippen LogP contribution in [0.3, 0.4) is 0 Å². The number of hydrogen-bond donors (Lipinski definition) is 3. The van der Waals surface area contributed by atoms with Crippen LogP contribution in [-0.4, -0.2) is 11.2 Å². The zero-order valence-corrected chi connectivity index (χ0v) is 10.6. The third kappa shape index (κ3) is 2.42. The first-order valence-corrected chi connectivity index (χ1v) is 6.40. The van der Waals surface area contributed by atoms with Crippen LogP contribution >= 0.6 is 0 Å². The molecule has 0 saturated heterocycles. The summed E-state index contributed by atoms with van der Waals surface area (Å²) in [6.07, 6.45) is 5.74. The van der Waals surface area contributed by atoms with E-state index in [0.717, 1.165) is 11.5 Å². The van der Waals surface area contributed by atoms with Crippen LogP contribution in [-0.2, 0) is 0 Å². The number of anilines is 3. The van der Waals surface area contributed by atoms with Crippen LogP contribution < -0.4 is 11.1 Å². The van der Waals surface area contributed by atoms with Crippen molar-refractivity contribution in [3.63, 3.8) is 0 Å². The molecule has 0 unspecified atom stereocenters. The largest absolute Gasteiger partial charge is 0.397 e. The molecule has 1 heterocycles. The Morgan fingerprint density at radius 2 is 2.11 bits per heavy atom. The molecule has 3 rings (SSSR count). The van der Waals surface area contributed by atoms with E-state index in [1.165, 1.54) is 24.6 Å². The Balaban J connectivity index is 1.82. The monoisotopic (exact) mass is 252 g/mol. The molecule has 0 radical (unpaired) electrons. The highest BCUT2D eigenvalue weighted by Gasteiger charge is 2.23. The van der Waals surface area contributed by atoms with Gasteiger partial charge in [-0.15, -0.1) is 0 Å². The van der Waals surface area contributed by atoms with E-state index in [9.17, 15) is 0 Å². The van der Waals surface area contributed by atoms with E-state index in [-0.39, 0.29) is 0 Å². The third-order valence-corrected chi connectivity index (χ3v) is 3.39. The van der Waals surface area contributed by atoms with Gasteiger partial charge in [0.15, 0.2) is 0 Å². The summed E-state index contributed by atoms with van der Waals surface area (Å²) in [4.78, 5) is 4.41. The first-order chi connectivity index (χ1) is 9.28. The van der Waals surface area contributed by atoms with Crippen molar-refractivity contribution in [2.45, 2.75) is 18.8 Å². The molecule has 0 atom stereocenters. The Morgan fingerprint density at radius 3 is 2.74 bits per heavy atom. The predicted octanol–water partition coefficient (Wildman–Crippen LogP) is 3.28. The molecular weight excluding hydrogens is 236 g/mol. The first-order valence-electron chi connectivity index (χ1n) is 6.40. The van der Waals surface area contributed by atoms with E-state index in [1.807, 2.05) is 30.5 Å². The lowest BCUT2D eigenvalue weighted by Crippen LogP contribution is -2.01. The second-order valence-corrected chi connectivity index (χ2v) is 4.83. The first kappa shape index (κ1) is 11.7. The number of nitrogen functional groups attached to an aromatic ring is 1. The normalized spacial score (nSPS) is 14.1. The fourth-order valence-corrected chi connectivity index (χ4v) is 2.09. The molecule has 0 amide bonds. The highest BCUT2D eigenvalue weighted by atomic mass is 15.0. The minimum Gasteiger partial charge on any atom is -0.397 e. The second-order valence-electron chi connectivity index (χ2n) is 4.83. The smallest absolute Gasteiger partial charge is 0.130 e. The minimum atomic E-state index is 0.575. The Hall–Kier alpha value is -2.36. The van der Waals surface area contributed by atoms with Gasteiger partial charge < -0.3 is 16.5 Å². The number of nitrogens with zero attached hydrogens (tertiary/aromatic N) is 1. The van der Waals surface area contributed by atoms with Gasteiger partial charge in [0.25, 0.3) is 0 Å². The number of nitrogens with one attached hydrogen (secondary N) is 2. The number of hydrogen-bond acceptors (Lipinski definition) is 4. The number of benzene rings is 1. The van der Waals surface area contributed by atoms with Crippen molar-refractivity contribution in [2.24, 2.45) is 0 Å². The average molecular weight is 252 g/mol. The summed E-state index contributed by atoms with van der Waals surface area (Å²) in [6.45, 7) is 0. The van der Waals surface area contributed by atoms with Gasteiger partial charge in [0.2, 0.25) is 0 Å². The lowest BCUT2D eigenvalue weighted by atomic mass is 10.1. The summed E-state index contributed by atoms with van der Waals surface area (Å²) >= 11 is 0. The van der Waals surface area contributed by atoms with Crippen LogP contribution in [0.2, 0.25) is 0 Å². The second kappa shape index (κ2) is 4.72. The Bertz CT molecular complexity index is 600. The Labute approximate surface area is 112 Å². The molecule has 4 nitrogen and oxygen atoms in total. The van der Waals surface area contributed by atoms with Gasteiger partial charge in [0.05, 0.1) is 11.4 Å². The quantitative estimate of drug-likeness (QED) is 0.577. The van der Waals surface area contributed by atoms with E-state index in [4.69, 9.17) is 11.1 Å². The minimum absolute atomic E-state index is 0.575. The summed E-state index contributed by atoms with van der Waals surface area (Å²) in [5, 5.41) is 10.5. The van der Waals surface area contributed by atoms with Gasteiger partial charge in [-0.2, -0.15) is 0 Å².